The van der Waals surface area contributed by atoms with Crippen LogP contribution in [0.4, 0.5) is 5.82 Å². The van der Waals surface area contributed by atoms with E-state index >= 15 is 0 Å². The van der Waals surface area contributed by atoms with Crippen molar-refractivity contribution in [3.63, 3.8) is 0 Å². The fourth-order valence-electron chi connectivity index (χ4n) is 1.69. The smallest absolute Gasteiger partial charge is 0.221 e. The minimum absolute atomic E-state index is 0.459. The van der Waals surface area contributed by atoms with Gasteiger partial charge in [0.15, 0.2) is 0 Å². The number of nitriles is 1. The zero-order valence-corrected chi connectivity index (χ0v) is 11.4. The SMILES string of the molecule is CCNc1cccc(Oc2cc(C#N)cc(OC)c2)n1. The Morgan fingerprint density at radius 1 is 1.25 bits per heavy atom. The first-order valence-electron chi connectivity index (χ1n) is 6.23. The lowest BCUT2D eigenvalue weighted by Gasteiger charge is -2.09. The van der Waals surface area contributed by atoms with Crippen LogP contribution in [0.1, 0.15) is 12.5 Å². The van der Waals surface area contributed by atoms with Crippen molar-refractivity contribution in [3.8, 4) is 23.4 Å². The van der Waals surface area contributed by atoms with E-state index in [2.05, 4.69) is 16.4 Å². The van der Waals surface area contributed by atoms with Gasteiger partial charge in [-0.3, -0.25) is 0 Å². The maximum absolute atomic E-state index is 8.98. The van der Waals surface area contributed by atoms with E-state index in [0.717, 1.165) is 12.4 Å². The first kappa shape index (κ1) is 13.7. The Labute approximate surface area is 117 Å². The number of hydrogen-bond donors (Lipinski definition) is 1. The van der Waals surface area contributed by atoms with Crippen molar-refractivity contribution in [1.29, 1.82) is 5.26 Å². The topological polar surface area (TPSA) is 67.2 Å². The molecule has 0 bridgehead atoms. The standard InChI is InChI=1S/C15H15N3O2/c1-3-17-14-5-4-6-15(18-14)20-13-8-11(10-16)7-12(9-13)19-2/h4-9H,3H2,1-2H3,(H,17,18). The number of nitrogens with zero attached hydrogens (tertiary/aromatic N) is 2. The Balaban J connectivity index is 2.25. The highest BCUT2D eigenvalue weighted by molar-refractivity contribution is 5.45. The summed E-state index contributed by atoms with van der Waals surface area (Å²) in [7, 11) is 1.55. The lowest BCUT2D eigenvalue weighted by atomic mass is 10.2. The van der Waals surface area contributed by atoms with Gasteiger partial charge in [0.05, 0.1) is 18.7 Å². The Morgan fingerprint density at radius 3 is 2.75 bits per heavy atom. The molecule has 5 nitrogen and oxygen atoms in total. The van der Waals surface area contributed by atoms with Crippen LogP contribution in [0.2, 0.25) is 0 Å². The van der Waals surface area contributed by atoms with E-state index < -0.39 is 0 Å². The molecule has 0 radical (unpaired) electrons. The van der Waals surface area contributed by atoms with Gasteiger partial charge in [0.1, 0.15) is 17.3 Å². The van der Waals surface area contributed by atoms with Crippen LogP contribution in [-0.2, 0) is 0 Å². The van der Waals surface area contributed by atoms with Gasteiger partial charge in [0, 0.05) is 18.7 Å². The van der Waals surface area contributed by atoms with E-state index in [1.54, 1.807) is 31.4 Å². The van der Waals surface area contributed by atoms with Crippen LogP contribution in [-0.4, -0.2) is 18.6 Å². The monoisotopic (exact) mass is 269 g/mol. The zero-order valence-electron chi connectivity index (χ0n) is 11.4. The Bertz CT molecular complexity index is 635. The molecule has 0 atom stereocenters. The molecule has 2 rings (SSSR count). The predicted octanol–water partition coefficient (Wildman–Crippen LogP) is 3.19. The molecule has 0 aliphatic carbocycles. The van der Waals surface area contributed by atoms with Crippen molar-refractivity contribution in [3.05, 3.63) is 42.0 Å². The third-order valence-corrected chi connectivity index (χ3v) is 2.55. The van der Waals surface area contributed by atoms with Crippen LogP contribution in [0.3, 0.4) is 0 Å². The molecular weight excluding hydrogens is 254 g/mol. The number of ether oxygens (including phenoxy) is 2. The second kappa shape index (κ2) is 6.43. The second-order valence-corrected chi connectivity index (χ2v) is 4.00. The summed E-state index contributed by atoms with van der Waals surface area (Å²) in [6.45, 7) is 2.78. The molecule has 1 heterocycles. The summed E-state index contributed by atoms with van der Waals surface area (Å²) in [5.41, 5.74) is 0.474. The molecule has 2 aromatic rings. The number of aromatic nitrogens is 1. The van der Waals surface area contributed by atoms with Crippen LogP contribution < -0.4 is 14.8 Å². The number of anilines is 1. The van der Waals surface area contributed by atoms with Crippen LogP contribution in [0, 0.1) is 11.3 Å². The van der Waals surface area contributed by atoms with Crippen molar-refractivity contribution in [2.45, 2.75) is 6.92 Å². The molecule has 20 heavy (non-hydrogen) atoms. The number of methoxy groups -OCH3 is 1. The molecule has 0 fully saturated rings. The van der Waals surface area contributed by atoms with E-state index in [1.807, 2.05) is 19.1 Å². The molecule has 102 valence electrons. The summed E-state index contributed by atoms with van der Waals surface area (Å²) in [4.78, 5) is 4.31. The minimum Gasteiger partial charge on any atom is -0.497 e. The first-order valence-corrected chi connectivity index (χ1v) is 6.23. The van der Waals surface area contributed by atoms with Crippen molar-refractivity contribution >= 4 is 5.82 Å². The Kier molecular flexibility index (Phi) is 4.40. The van der Waals surface area contributed by atoms with Crippen LogP contribution >= 0.6 is 0 Å². The summed E-state index contributed by atoms with van der Waals surface area (Å²) >= 11 is 0. The first-order chi connectivity index (χ1) is 9.75. The highest BCUT2D eigenvalue weighted by atomic mass is 16.5. The molecule has 0 saturated heterocycles. The second-order valence-electron chi connectivity index (χ2n) is 4.00. The van der Waals surface area contributed by atoms with Gasteiger partial charge in [-0.2, -0.15) is 10.2 Å². The van der Waals surface area contributed by atoms with Crippen molar-refractivity contribution in [2.75, 3.05) is 19.0 Å². The van der Waals surface area contributed by atoms with Gasteiger partial charge in [0.25, 0.3) is 0 Å². The Hall–Kier alpha value is -2.74. The quantitative estimate of drug-likeness (QED) is 0.902. The molecule has 1 N–H and O–H groups in total. The zero-order chi connectivity index (χ0) is 14.4. The average molecular weight is 269 g/mol. The average Bonchev–Trinajstić information content (AvgIpc) is 2.47. The summed E-state index contributed by atoms with van der Waals surface area (Å²) < 4.78 is 10.8. The molecule has 1 aromatic carbocycles. The highest BCUT2D eigenvalue weighted by Gasteiger charge is 2.05. The summed E-state index contributed by atoms with van der Waals surface area (Å²) in [5.74, 6) is 2.29. The van der Waals surface area contributed by atoms with Crippen LogP contribution in [0.5, 0.6) is 17.4 Å². The third-order valence-electron chi connectivity index (χ3n) is 2.55. The molecule has 0 unspecified atom stereocenters. The molecule has 1 aromatic heterocycles. The predicted molar refractivity (Wildman–Crippen MR) is 76.2 cm³/mol. The normalized spacial score (nSPS) is 9.65. The lowest BCUT2D eigenvalue weighted by molar-refractivity contribution is 0.407. The lowest BCUT2D eigenvalue weighted by Crippen LogP contribution is -1.99. The van der Waals surface area contributed by atoms with Gasteiger partial charge in [-0.05, 0) is 25.1 Å². The van der Waals surface area contributed by atoms with Gasteiger partial charge < -0.3 is 14.8 Å². The fourth-order valence-corrected chi connectivity index (χ4v) is 1.69. The van der Waals surface area contributed by atoms with Gasteiger partial charge in [0.2, 0.25) is 5.88 Å². The number of pyridine rings is 1. The van der Waals surface area contributed by atoms with Crippen molar-refractivity contribution < 1.29 is 9.47 Å². The molecule has 0 aliphatic rings. The minimum atomic E-state index is 0.459. The third kappa shape index (κ3) is 3.39. The van der Waals surface area contributed by atoms with Crippen molar-refractivity contribution in [1.82, 2.24) is 4.98 Å². The Morgan fingerprint density at radius 2 is 2.05 bits per heavy atom. The molecule has 0 spiro atoms. The van der Waals surface area contributed by atoms with E-state index in [0.29, 0.717) is 22.9 Å². The number of nitrogens with one attached hydrogen (secondary N) is 1. The molecule has 0 amide bonds. The van der Waals surface area contributed by atoms with E-state index in [1.165, 1.54) is 0 Å². The molecule has 5 heteroatoms. The molecular formula is C15H15N3O2. The van der Waals surface area contributed by atoms with Crippen molar-refractivity contribution in [2.24, 2.45) is 0 Å². The number of rotatable bonds is 5. The van der Waals surface area contributed by atoms with Crippen LogP contribution in [0.15, 0.2) is 36.4 Å². The van der Waals surface area contributed by atoms with Crippen LogP contribution in [0.25, 0.3) is 0 Å². The summed E-state index contributed by atoms with van der Waals surface area (Å²) in [6.07, 6.45) is 0. The van der Waals surface area contributed by atoms with E-state index in [-0.39, 0.29) is 0 Å². The largest absolute Gasteiger partial charge is 0.497 e. The van der Waals surface area contributed by atoms with Gasteiger partial charge in [-0.1, -0.05) is 6.07 Å². The van der Waals surface area contributed by atoms with Gasteiger partial charge >= 0.3 is 0 Å². The number of benzene rings is 1. The maximum atomic E-state index is 8.98. The highest BCUT2D eigenvalue weighted by Crippen LogP contribution is 2.26. The van der Waals surface area contributed by atoms with E-state index in [9.17, 15) is 0 Å². The fraction of sp³-hybridized carbons (Fsp3) is 0.200. The summed E-state index contributed by atoms with van der Waals surface area (Å²) in [6, 6.07) is 12.5. The van der Waals surface area contributed by atoms with Gasteiger partial charge in [-0.25, -0.2) is 0 Å². The molecule has 0 saturated carbocycles. The van der Waals surface area contributed by atoms with Gasteiger partial charge in [-0.15, -0.1) is 0 Å². The van der Waals surface area contributed by atoms with E-state index in [4.69, 9.17) is 14.7 Å². The maximum Gasteiger partial charge on any atom is 0.221 e. The molecule has 0 aliphatic heterocycles. The summed E-state index contributed by atoms with van der Waals surface area (Å²) in [5, 5.41) is 12.1. The number of hydrogen-bond acceptors (Lipinski definition) is 5.